The van der Waals surface area contributed by atoms with Gasteiger partial charge in [0, 0.05) is 29.3 Å². The average molecular weight is 321 g/mol. The molecule has 0 heterocycles. The van der Waals surface area contributed by atoms with Crippen molar-refractivity contribution in [2.75, 3.05) is 23.3 Å². The molecule has 0 aliphatic heterocycles. The Morgan fingerprint density at radius 2 is 2.06 bits per heavy atom. The second-order valence-corrected chi connectivity index (χ2v) is 5.41. The molecule has 2 atom stereocenters. The average Bonchev–Trinajstić information content (AvgIpc) is 2.35. The Labute approximate surface area is 113 Å². The molecule has 17 heavy (non-hydrogen) atoms. The van der Waals surface area contributed by atoms with Gasteiger partial charge >= 0.3 is 0 Å². The van der Waals surface area contributed by atoms with Gasteiger partial charge in [-0.25, -0.2) is 0 Å². The van der Waals surface area contributed by atoms with Gasteiger partial charge in [-0.15, -0.1) is 0 Å². The van der Waals surface area contributed by atoms with Crippen LogP contribution in [0.2, 0.25) is 0 Å². The standard InChI is InChI=1S/C11H16BrNO3S/c1-9(7-12)8-16-11-5-3-10(4-6-11)13(2)17(14)15/h3-6,9H,7-8H2,1-2H3,(H,14,15)/p-1. The fourth-order valence-corrected chi connectivity index (χ4v) is 1.60. The summed E-state index contributed by atoms with van der Waals surface area (Å²) in [6.45, 7) is 2.71. The molecule has 1 rings (SSSR count). The molecule has 0 saturated heterocycles. The van der Waals surface area contributed by atoms with Crippen LogP contribution < -0.4 is 9.04 Å². The molecule has 2 unspecified atom stereocenters. The normalized spacial score (nSPS) is 14.1. The summed E-state index contributed by atoms with van der Waals surface area (Å²) in [7, 11) is 1.49. The van der Waals surface area contributed by atoms with E-state index in [1.165, 1.54) is 7.05 Å². The minimum Gasteiger partial charge on any atom is -0.755 e. The predicted octanol–water partition coefficient (Wildman–Crippen LogP) is 2.33. The Balaban J connectivity index is 2.59. The first-order valence-corrected chi connectivity index (χ1v) is 7.32. The SMILES string of the molecule is CC(CBr)COc1ccc(N(C)S(=O)[O-])cc1. The van der Waals surface area contributed by atoms with Crippen LogP contribution in [-0.4, -0.2) is 27.7 Å². The molecule has 96 valence electrons. The van der Waals surface area contributed by atoms with E-state index in [9.17, 15) is 8.76 Å². The van der Waals surface area contributed by atoms with Gasteiger partial charge in [0.25, 0.3) is 0 Å². The monoisotopic (exact) mass is 320 g/mol. The Morgan fingerprint density at radius 1 is 1.47 bits per heavy atom. The Hall–Kier alpha value is -0.590. The number of halogens is 1. The number of alkyl halides is 1. The second kappa shape index (κ2) is 6.98. The van der Waals surface area contributed by atoms with Crippen molar-refractivity contribution in [1.29, 1.82) is 0 Å². The fraction of sp³-hybridized carbons (Fsp3) is 0.455. The zero-order valence-electron chi connectivity index (χ0n) is 9.76. The van der Waals surface area contributed by atoms with Gasteiger partial charge in [0.05, 0.1) is 6.61 Å². The summed E-state index contributed by atoms with van der Waals surface area (Å²) in [4.78, 5) is 0. The number of benzene rings is 1. The zero-order valence-corrected chi connectivity index (χ0v) is 12.2. The van der Waals surface area contributed by atoms with Crippen molar-refractivity contribution in [1.82, 2.24) is 0 Å². The lowest BCUT2D eigenvalue weighted by molar-refractivity contribution is 0.274. The van der Waals surface area contributed by atoms with Gasteiger partial charge in [0.15, 0.2) is 0 Å². The minimum absolute atomic E-state index is 0.437. The van der Waals surface area contributed by atoms with E-state index in [4.69, 9.17) is 4.74 Å². The molecular weight excluding hydrogens is 306 g/mol. The zero-order chi connectivity index (χ0) is 12.8. The lowest BCUT2D eigenvalue weighted by atomic mass is 10.2. The Bertz CT molecular complexity index is 371. The third-order valence-electron chi connectivity index (χ3n) is 2.22. The van der Waals surface area contributed by atoms with Crippen LogP contribution in [0, 0.1) is 5.92 Å². The van der Waals surface area contributed by atoms with Crippen molar-refractivity contribution in [3.63, 3.8) is 0 Å². The van der Waals surface area contributed by atoms with E-state index in [1.807, 2.05) is 0 Å². The van der Waals surface area contributed by atoms with E-state index in [0.717, 1.165) is 15.4 Å². The molecular formula is C11H15BrNO3S-. The van der Waals surface area contributed by atoms with Gasteiger partial charge in [-0.05, 0) is 30.2 Å². The van der Waals surface area contributed by atoms with Crippen molar-refractivity contribution in [2.24, 2.45) is 5.92 Å². The molecule has 4 nitrogen and oxygen atoms in total. The van der Waals surface area contributed by atoms with Crippen molar-refractivity contribution < 1.29 is 13.5 Å². The highest BCUT2D eigenvalue weighted by Gasteiger charge is 2.03. The van der Waals surface area contributed by atoms with Crippen molar-refractivity contribution in [3.8, 4) is 5.75 Å². The summed E-state index contributed by atoms with van der Waals surface area (Å²) >= 11 is 1.14. The van der Waals surface area contributed by atoms with Crippen LogP contribution in [0.1, 0.15) is 6.92 Å². The van der Waals surface area contributed by atoms with E-state index < -0.39 is 11.3 Å². The van der Waals surface area contributed by atoms with Gasteiger partial charge in [-0.3, -0.25) is 4.21 Å². The number of nitrogens with zero attached hydrogens (tertiary/aromatic N) is 1. The highest BCUT2D eigenvalue weighted by molar-refractivity contribution is 9.09. The maximum atomic E-state index is 10.7. The number of rotatable bonds is 6. The van der Waals surface area contributed by atoms with Crippen molar-refractivity contribution in [3.05, 3.63) is 24.3 Å². The number of ether oxygens (including phenoxy) is 1. The van der Waals surface area contributed by atoms with Gasteiger partial charge in [0.1, 0.15) is 5.75 Å². The van der Waals surface area contributed by atoms with Crippen LogP contribution in [-0.2, 0) is 11.3 Å². The lowest BCUT2D eigenvalue weighted by Gasteiger charge is -2.21. The van der Waals surface area contributed by atoms with Gasteiger partial charge in [-0.1, -0.05) is 22.9 Å². The first-order chi connectivity index (χ1) is 8.04. The van der Waals surface area contributed by atoms with E-state index in [1.54, 1.807) is 24.3 Å². The van der Waals surface area contributed by atoms with Crippen molar-refractivity contribution in [2.45, 2.75) is 6.92 Å². The first-order valence-electron chi connectivity index (χ1n) is 5.16. The van der Waals surface area contributed by atoms with Gasteiger partial charge in [0.2, 0.25) is 0 Å². The molecule has 0 spiro atoms. The summed E-state index contributed by atoms with van der Waals surface area (Å²) in [5.74, 6) is 1.18. The summed E-state index contributed by atoms with van der Waals surface area (Å²) < 4.78 is 28.2. The molecule has 0 N–H and O–H groups in total. The van der Waals surface area contributed by atoms with E-state index in [2.05, 4.69) is 22.9 Å². The molecule has 0 bridgehead atoms. The van der Waals surface area contributed by atoms with E-state index in [0.29, 0.717) is 18.2 Å². The highest BCUT2D eigenvalue weighted by Crippen LogP contribution is 2.19. The molecule has 0 fully saturated rings. The third-order valence-corrected chi connectivity index (χ3v) is 3.99. The third kappa shape index (κ3) is 4.65. The number of hydrogen-bond donors (Lipinski definition) is 0. The lowest BCUT2D eigenvalue weighted by Crippen LogP contribution is -2.19. The first kappa shape index (κ1) is 14.5. The van der Waals surface area contributed by atoms with Crippen LogP contribution >= 0.6 is 15.9 Å². The molecule has 0 amide bonds. The van der Waals surface area contributed by atoms with Gasteiger partial charge < -0.3 is 13.6 Å². The summed E-state index contributed by atoms with van der Waals surface area (Å²) in [5.41, 5.74) is 0.610. The Morgan fingerprint density at radius 3 is 2.53 bits per heavy atom. The number of hydrogen-bond acceptors (Lipinski definition) is 3. The van der Waals surface area contributed by atoms with Crippen LogP contribution in [0.25, 0.3) is 0 Å². The minimum atomic E-state index is -2.24. The second-order valence-electron chi connectivity index (χ2n) is 3.78. The maximum Gasteiger partial charge on any atom is 0.119 e. The van der Waals surface area contributed by atoms with E-state index >= 15 is 0 Å². The maximum absolute atomic E-state index is 10.7. The van der Waals surface area contributed by atoms with Crippen molar-refractivity contribution >= 4 is 32.9 Å². The summed E-state index contributed by atoms with van der Waals surface area (Å²) in [6, 6.07) is 6.95. The topological polar surface area (TPSA) is 52.6 Å². The van der Waals surface area contributed by atoms with E-state index in [-0.39, 0.29) is 0 Å². The molecule has 1 aromatic rings. The van der Waals surface area contributed by atoms with Gasteiger partial charge in [-0.2, -0.15) is 0 Å². The Kier molecular flexibility index (Phi) is 5.94. The smallest absolute Gasteiger partial charge is 0.119 e. The highest BCUT2D eigenvalue weighted by atomic mass is 79.9. The largest absolute Gasteiger partial charge is 0.755 e. The quantitative estimate of drug-likeness (QED) is 0.597. The van der Waals surface area contributed by atoms with Crippen LogP contribution in [0.15, 0.2) is 24.3 Å². The molecule has 0 radical (unpaired) electrons. The predicted molar refractivity (Wildman–Crippen MR) is 72.2 cm³/mol. The molecule has 6 heteroatoms. The molecule has 0 aliphatic rings. The van der Waals surface area contributed by atoms with Crippen LogP contribution in [0.3, 0.4) is 0 Å². The van der Waals surface area contributed by atoms with Crippen LogP contribution in [0.5, 0.6) is 5.75 Å². The molecule has 0 aromatic heterocycles. The summed E-state index contributed by atoms with van der Waals surface area (Å²) in [5, 5.41) is 0.892. The summed E-state index contributed by atoms with van der Waals surface area (Å²) in [6.07, 6.45) is 0. The fourth-order valence-electron chi connectivity index (χ4n) is 1.12. The number of anilines is 1. The molecule has 1 aromatic carbocycles. The van der Waals surface area contributed by atoms with Crippen LogP contribution in [0.4, 0.5) is 5.69 Å². The molecule has 0 aliphatic carbocycles. The molecule has 0 saturated carbocycles.